The number of benzene rings is 2. The van der Waals surface area contributed by atoms with E-state index in [1.165, 1.54) is 37.1 Å². The smallest absolute Gasteiger partial charge is 0.119 e. The number of hydrogen-bond acceptors (Lipinski definition) is 3. The number of nitrogens with zero attached hydrogens (tertiary/aromatic N) is 1. The lowest BCUT2D eigenvalue weighted by Gasteiger charge is -2.29. The van der Waals surface area contributed by atoms with Gasteiger partial charge >= 0.3 is 0 Å². The average Bonchev–Trinajstić information content (AvgIpc) is 2.64. The van der Waals surface area contributed by atoms with Gasteiger partial charge in [-0.1, -0.05) is 42.5 Å². The van der Waals surface area contributed by atoms with Crippen LogP contribution in [0.5, 0.6) is 5.75 Å². The van der Waals surface area contributed by atoms with Crippen molar-refractivity contribution in [1.29, 1.82) is 0 Å². The first-order valence-electron chi connectivity index (χ1n) is 8.94. The summed E-state index contributed by atoms with van der Waals surface area (Å²) in [6, 6.07) is 18.7. The van der Waals surface area contributed by atoms with E-state index in [1.807, 2.05) is 18.2 Å². The second-order valence-corrected chi connectivity index (χ2v) is 6.80. The van der Waals surface area contributed by atoms with E-state index in [1.54, 1.807) is 0 Å². The maximum absolute atomic E-state index is 5.83. The predicted molar refractivity (Wildman–Crippen MR) is 99.1 cm³/mol. The lowest BCUT2D eigenvalue weighted by molar-refractivity contribution is 0.216. The van der Waals surface area contributed by atoms with Gasteiger partial charge in [0.15, 0.2) is 0 Å². The third-order valence-electron chi connectivity index (χ3n) is 4.77. The van der Waals surface area contributed by atoms with Gasteiger partial charge in [0, 0.05) is 6.54 Å². The van der Waals surface area contributed by atoms with Gasteiger partial charge in [-0.25, -0.2) is 0 Å². The quantitative estimate of drug-likeness (QED) is 0.840. The Labute approximate surface area is 145 Å². The summed E-state index contributed by atoms with van der Waals surface area (Å²) in [5.41, 5.74) is 2.51. The molecule has 2 aromatic rings. The summed E-state index contributed by atoms with van der Waals surface area (Å²) >= 11 is 0. The molecule has 3 nitrogen and oxygen atoms in total. The zero-order chi connectivity index (χ0) is 16.6. The molecular weight excluding hydrogens is 296 g/mol. The molecule has 1 N–H and O–H groups in total. The molecule has 0 spiro atoms. The Kier molecular flexibility index (Phi) is 6.27. The van der Waals surface area contributed by atoms with E-state index in [0.29, 0.717) is 6.61 Å². The van der Waals surface area contributed by atoms with Gasteiger partial charge in [-0.05, 0) is 68.7 Å². The van der Waals surface area contributed by atoms with Crippen LogP contribution in [0.4, 0.5) is 0 Å². The van der Waals surface area contributed by atoms with Gasteiger partial charge in [0.05, 0.1) is 0 Å². The van der Waals surface area contributed by atoms with Gasteiger partial charge in [-0.3, -0.25) is 0 Å². The van der Waals surface area contributed by atoms with Crippen molar-refractivity contribution in [1.82, 2.24) is 10.2 Å². The molecule has 1 aliphatic heterocycles. The highest BCUT2D eigenvalue weighted by Gasteiger charge is 2.15. The molecule has 1 saturated heterocycles. The Hall–Kier alpha value is -1.84. The second kappa shape index (κ2) is 8.86. The Bertz CT molecular complexity index is 589. The molecule has 0 amide bonds. The van der Waals surface area contributed by atoms with Crippen molar-refractivity contribution < 1.29 is 4.74 Å². The molecule has 0 aliphatic carbocycles. The van der Waals surface area contributed by atoms with Gasteiger partial charge in [0.2, 0.25) is 0 Å². The van der Waals surface area contributed by atoms with Gasteiger partial charge in [-0.15, -0.1) is 0 Å². The normalized spacial score (nSPS) is 16.2. The van der Waals surface area contributed by atoms with Gasteiger partial charge in [-0.2, -0.15) is 0 Å². The molecule has 0 radical (unpaired) electrons. The highest BCUT2D eigenvalue weighted by atomic mass is 16.5. The molecule has 0 bridgehead atoms. The minimum Gasteiger partial charge on any atom is -0.489 e. The molecule has 128 valence electrons. The third-order valence-corrected chi connectivity index (χ3v) is 4.77. The van der Waals surface area contributed by atoms with Crippen LogP contribution in [0.2, 0.25) is 0 Å². The molecule has 24 heavy (non-hydrogen) atoms. The number of rotatable bonds is 7. The van der Waals surface area contributed by atoms with Crippen molar-refractivity contribution in [2.24, 2.45) is 5.92 Å². The molecule has 3 heteroatoms. The van der Waals surface area contributed by atoms with Crippen LogP contribution in [0.3, 0.4) is 0 Å². The van der Waals surface area contributed by atoms with Crippen molar-refractivity contribution in [3.63, 3.8) is 0 Å². The first-order valence-corrected chi connectivity index (χ1v) is 8.94. The monoisotopic (exact) mass is 324 g/mol. The molecule has 1 heterocycles. The van der Waals surface area contributed by atoms with Crippen LogP contribution in [0.15, 0.2) is 54.6 Å². The summed E-state index contributed by atoms with van der Waals surface area (Å²) in [7, 11) is 2.21. The Morgan fingerprint density at radius 1 is 0.958 bits per heavy atom. The lowest BCUT2D eigenvalue weighted by atomic mass is 9.97. The largest absolute Gasteiger partial charge is 0.489 e. The fourth-order valence-electron chi connectivity index (χ4n) is 3.13. The number of nitrogens with one attached hydrogen (secondary N) is 1. The minimum atomic E-state index is 0.620. The van der Waals surface area contributed by atoms with E-state index in [0.717, 1.165) is 24.8 Å². The van der Waals surface area contributed by atoms with E-state index in [2.05, 4.69) is 53.7 Å². The summed E-state index contributed by atoms with van der Waals surface area (Å²) in [4.78, 5) is 2.42. The van der Waals surface area contributed by atoms with Gasteiger partial charge < -0.3 is 15.0 Å². The zero-order valence-corrected chi connectivity index (χ0v) is 14.6. The highest BCUT2D eigenvalue weighted by molar-refractivity contribution is 5.27. The SMILES string of the molecule is CN1CCC(CNCc2ccc(OCc3ccccc3)cc2)CC1. The van der Waals surface area contributed by atoms with E-state index in [9.17, 15) is 0 Å². The summed E-state index contributed by atoms with van der Waals surface area (Å²) < 4.78 is 5.83. The van der Waals surface area contributed by atoms with E-state index in [4.69, 9.17) is 4.74 Å². The van der Waals surface area contributed by atoms with Crippen LogP contribution in [-0.4, -0.2) is 31.6 Å². The molecule has 0 atom stereocenters. The van der Waals surface area contributed by atoms with Crippen LogP contribution in [0.25, 0.3) is 0 Å². The average molecular weight is 324 g/mol. The lowest BCUT2D eigenvalue weighted by Crippen LogP contribution is -2.34. The van der Waals surface area contributed by atoms with Crippen LogP contribution < -0.4 is 10.1 Å². The Morgan fingerprint density at radius 3 is 2.38 bits per heavy atom. The maximum Gasteiger partial charge on any atom is 0.119 e. The second-order valence-electron chi connectivity index (χ2n) is 6.80. The molecular formula is C21H28N2O. The Balaban J connectivity index is 1.38. The summed E-state index contributed by atoms with van der Waals surface area (Å²) in [6.07, 6.45) is 2.63. The summed E-state index contributed by atoms with van der Waals surface area (Å²) in [5.74, 6) is 1.76. The molecule has 3 rings (SSSR count). The van der Waals surface area contributed by atoms with Crippen molar-refractivity contribution in [2.45, 2.75) is 26.0 Å². The molecule has 1 fully saturated rings. The molecule has 0 unspecified atom stereocenters. The fourth-order valence-corrected chi connectivity index (χ4v) is 3.13. The van der Waals surface area contributed by atoms with Crippen molar-refractivity contribution in [2.75, 3.05) is 26.7 Å². The van der Waals surface area contributed by atoms with Crippen LogP contribution in [0.1, 0.15) is 24.0 Å². The van der Waals surface area contributed by atoms with E-state index < -0.39 is 0 Å². The number of ether oxygens (including phenoxy) is 1. The zero-order valence-electron chi connectivity index (χ0n) is 14.6. The molecule has 0 aromatic heterocycles. The van der Waals surface area contributed by atoms with Crippen LogP contribution in [0, 0.1) is 5.92 Å². The first-order chi connectivity index (χ1) is 11.8. The summed E-state index contributed by atoms with van der Waals surface area (Å²) in [6.45, 7) is 5.15. The van der Waals surface area contributed by atoms with Crippen LogP contribution in [-0.2, 0) is 13.2 Å². The first kappa shape index (κ1) is 17.0. The topological polar surface area (TPSA) is 24.5 Å². The minimum absolute atomic E-state index is 0.620. The van der Waals surface area contributed by atoms with Crippen molar-refractivity contribution in [3.05, 3.63) is 65.7 Å². The van der Waals surface area contributed by atoms with E-state index in [-0.39, 0.29) is 0 Å². The van der Waals surface area contributed by atoms with Crippen LogP contribution >= 0.6 is 0 Å². The molecule has 0 saturated carbocycles. The summed E-state index contributed by atoms with van der Waals surface area (Å²) in [5, 5.41) is 3.60. The van der Waals surface area contributed by atoms with Crippen molar-refractivity contribution in [3.8, 4) is 5.75 Å². The molecule has 1 aliphatic rings. The van der Waals surface area contributed by atoms with E-state index >= 15 is 0 Å². The van der Waals surface area contributed by atoms with Gasteiger partial charge in [0.1, 0.15) is 12.4 Å². The predicted octanol–water partition coefficient (Wildman–Crippen LogP) is 3.70. The Morgan fingerprint density at radius 2 is 1.67 bits per heavy atom. The third kappa shape index (κ3) is 5.36. The maximum atomic E-state index is 5.83. The number of hydrogen-bond donors (Lipinski definition) is 1. The standard InChI is InChI=1S/C21H28N2O/c1-23-13-11-19(12-14-23)16-22-15-18-7-9-21(10-8-18)24-17-20-5-3-2-4-6-20/h2-10,19,22H,11-17H2,1H3. The highest BCUT2D eigenvalue weighted by Crippen LogP contribution is 2.16. The number of likely N-dealkylation sites (tertiary alicyclic amines) is 1. The number of piperidine rings is 1. The fraction of sp³-hybridized carbons (Fsp3) is 0.429. The molecule has 2 aromatic carbocycles. The van der Waals surface area contributed by atoms with Crippen molar-refractivity contribution >= 4 is 0 Å². The van der Waals surface area contributed by atoms with Gasteiger partial charge in [0.25, 0.3) is 0 Å².